The Bertz CT molecular complexity index is 361. The maximum atomic E-state index is 11.5. The highest BCUT2D eigenvalue weighted by Crippen LogP contribution is 2.38. The molecule has 0 aromatic rings. The third-order valence-electron chi connectivity index (χ3n) is 6.02. The molecule has 0 bridgehead atoms. The van der Waals surface area contributed by atoms with Crippen LogP contribution < -0.4 is 0 Å². The minimum Gasteiger partial charge on any atom is -0.150 e. The van der Waals surface area contributed by atoms with E-state index >= 15 is 0 Å². The quantitative estimate of drug-likeness (QED) is 0.378. The van der Waals surface area contributed by atoms with Crippen LogP contribution in [-0.2, 0) is 0 Å². The lowest BCUT2D eigenvalue weighted by atomic mass is 9.73. The second-order valence-corrected chi connectivity index (χ2v) is 7.94. The van der Waals surface area contributed by atoms with E-state index in [9.17, 15) is 4.91 Å². The van der Waals surface area contributed by atoms with Crippen molar-refractivity contribution in [2.24, 2.45) is 28.8 Å². The molecule has 21 heavy (non-hydrogen) atoms. The molecule has 0 aromatic heterocycles. The fourth-order valence-electron chi connectivity index (χ4n) is 3.56. The Kier molecular flexibility index (Phi) is 7.09. The Morgan fingerprint density at radius 2 is 2.00 bits per heavy atom. The van der Waals surface area contributed by atoms with Crippen LogP contribution in [0.3, 0.4) is 0 Å². The first-order valence-corrected chi connectivity index (χ1v) is 8.80. The number of hydrogen-bond donors (Lipinski definition) is 0. The van der Waals surface area contributed by atoms with Gasteiger partial charge < -0.3 is 0 Å². The SMILES string of the molecule is CC1=CC[C@@H]([C@](C)(CCCC(C)C(C)C(C)C)N=O)CC1. The first kappa shape index (κ1) is 18.4. The lowest BCUT2D eigenvalue weighted by Gasteiger charge is -2.34. The van der Waals surface area contributed by atoms with Crippen LogP contribution in [0.25, 0.3) is 0 Å². The maximum Gasteiger partial charge on any atom is 0.103 e. The predicted molar refractivity (Wildman–Crippen MR) is 92.3 cm³/mol. The molecule has 2 heteroatoms. The van der Waals surface area contributed by atoms with Crippen LogP contribution in [0.4, 0.5) is 0 Å². The van der Waals surface area contributed by atoms with Gasteiger partial charge in [-0.3, -0.25) is 0 Å². The average molecular weight is 293 g/mol. The Morgan fingerprint density at radius 1 is 1.33 bits per heavy atom. The predicted octanol–water partition coefficient (Wildman–Crippen LogP) is 6.36. The molecule has 0 radical (unpaired) electrons. The highest BCUT2D eigenvalue weighted by molar-refractivity contribution is 5.07. The van der Waals surface area contributed by atoms with Gasteiger partial charge in [0.05, 0.1) is 0 Å². The van der Waals surface area contributed by atoms with Gasteiger partial charge in [-0.15, -0.1) is 0 Å². The third kappa shape index (κ3) is 5.23. The molecule has 0 saturated heterocycles. The van der Waals surface area contributed by atoms with Crippen molar-refractivity contribution >= 4 is 0 Å². The van der Waals surface area contributed by atoms with E-state index < -0.39 is 0 Å². The summed E-state index contributed by atoms with van der Waals surface area (Å²) in [5.41, 5.74) is 1.11. The molecule has 2 nitrogen and oxygen atoms in total. The lowest BCUT2D eigenvalue weighted by Crippen LogP contribution is -2.33. The summed E-state index contributed by atoms with van der Waals surface area (Å²) in [6.07, 6.45) is 8.89. The molecule has 0 spiro atoms. The molecule has 0 N–H and O–H groups in total. The first-order chi connectivity index (χ1) is 9.80. The molecule has 4 atom stereocenters. The zero-order valence-corrected chi connectivity index (χ0v) is 15.0. The summed E-state index contributed by atoms with van der Waals surface area (Å²) in [6, 6.07) is 0. The highest BCUT2D eigenvalue weighted by atomic mass is 16.3. The Hall–Kier alpha value is -0.660. The fraction of sp³-hybridized carbons (Fsp3) is 0.895. The minimum atomic E-state index is -0.363. The van der Waals surface area contributed by atoms with Crippen molar-refractivity contribution in [1.29, 1.82) is 0 Å². The Labute approximate surface area is 131 Å². The molecule has 0 heterocycles. The summed E-state index contributed by atoms with van der Waals surface area (Å²) in [5, 5.41) is 3.57. The van der Waals surface area contributed by atoms with Gasteiger partial charge in [-0.05, 0) is 63.2 Å². The number of rotatable bonds is 8. The standard InChI is InChI=1S/C19H35NO/c1-14(2)17(5)16(4)8-7-13-19(6,20-21)18-11-9-15(3)10-12-18/h9,14,16-18H,7-8,10-13H2,1-6H3/t16?,17?,18-,19+/m1/s1. The van der Waals surface area contributed by atoms with Gasteiger partial charge in [0.1, 0.15) is 5.54 Å². The molecule has 0 aliphatic heterocycles. The second-order valence-electron chi connectivity index (χ2n) is 7.94. The summed E-state index contributed by atoms with van der Waals surface area (Å²) < 4.78 is 0. The molecule has 1 rings (SSSR count). The molecule has 0 amide bonds. The van der Waals surface area contributed by atoms with Crippen molar-refractivity contribution in [2.45, 2.75) is 85.6 Å². The van der Waals surface area contributed by atoms with Crippen LogP contribution in [0.5, 0.6) is 0 Å². The van der Waals surface area contributed by atoms with Crippen LogP contribution in [0.1, 0.15) is 80.1 Å². The number of nitroso groups, excluding NO2 is 1. The molecule has 0 aromatic carbocycles. The van der Waals surface area contributed by atoms with E-state index in [0.717, 1.165) is 49.9 Å². The van der Waals surface area contributed by atoms with E-state index in [2.05, 4.69) is 52.8 Å². The highest BCUT2D eigenvalue weighted by Gasteiger charge is 2.35. The van der Waals surface area contributed by atoms with Crippen molar-refractivity contribution in [3.8, 4) is 0 Å². The number of nitrogens with zero attached hydrogens (tertiary/aromatic N) is 1. The van der Waals surface area contributed by atoms with Crippen molar-refractivity contribution in [2.75, 3.05) is 0 Å². The summed E-state index contributed by atoms with van der Waals surface area (Å²) >= 11 is 0. The number of allylic oxidation sites excluding steroid dienone is 2. The molecule has 0 saturated carbocycles. The summed E-state index contributed by atoms with van der Waals surface area (Å²) in [5.74, 6) is 2.66. The van der Waals surface area contributed by atoms with Gasteiger partial charge in [0.2, 0.25) is 0 Å². The molecular formula is C19H35NO. The maximum absolute atomic E-state index is 11.5. The van der Waals surface area contributed by atoms with Crippen molar-refractivity contribution in [1.82, 2.24) is 0 Å². The van der Waals surface area contributed by atoms with Crippen LogP contribution in [0, 0.1) is 28.6 Å². The van der Waals surface area contributed by atoms with Crippen LogP contribution in [0.15, 0.2) is 16.8 Å². The van der Waals surface area contributed by atoms with E-state index in [1.54, 1.807) is 0 Å². The number of hydrogen-bond acceptors (Lipinski definition) is 2. The molecule has 1 aliphatic carbocycles. The topological polar surface area (TPSA) is 29.4 Å². The van der Waals surface area contributed by atoms with E-state index in [0.29, 0.717) is 5.92 Å². The van der Waals surface area contributed by atoms with Crippen LogP contribution >= 0.6 is 0 Å². The first-order valence-electron chi connectivity index (χ1n) is 8.80. The Morgan fingerprint density at radius 3 is 2.48 bits per heavy atom. The van der Waals surface area contributed by atoms with Gasteiger partial charge in [0.15, 0.2) is 0 Å². The van der Waals surface area contributed by atoms with Crippen LogP contribution in [-0.4, -0.2) is 5.54 Å². The van der Waals surface area contributed by atoms with E-state index in [1.165, 1.54) is 12.0 Å². The molecule has 0 fully saturated rings. The monoisotopic (exact) mass is 293 g/mol. The molecule has 122 valence electrons. The largest absolute Gasteiger partial charge is 0.150 e. The average Bonchev–Trinajstić information content (AvgIpc) is 2.46. The zero-order valence-electron chi connectivity index (χ0n) is 15.0. The summed E-state index contributed by atoms with van der Waals surface area (Å²) in [6.45, 7) is 13.6. The van der Waals surface area contributed by atoms with Gasteiger partial charge >= 0.3 is 0 Å². The van der Waals surface area contributed by atoms with E-state index in [4.69, 9.17) is 0 Å². The lowest BCUT2D eigenvalue weighted by molar-refractivity contribution is 0.227. The van der Waals surface area contributed by atoms with Gasteiger partial charge in [-0.1, -0.05) is 57.4 Å². The molecule has 2 unspecified atom stereocenters. The zero-order chi connectivity index (χ0) is 16.0. The molecular weight excluding hydrogens is 258 g/mol. The smallest absolute Gasteiger partial charge is 0.103 e. The van der Waals surface area contributed by atoms with Gasteiger partial charge in [-0.25, -0.2) is 0 Å². The van der Waals surface area contributed by atoms with Crippen LogP contribution in [0.2, 0.25) is 0 Å². The third-order valence-corrected chi connectivity index (χ3v) is 6.02. The van der Waals surface area contributed by atoms with Crippen molar-refractivity contribution in [3.05, 3.63) is 16.6 Å². The second kappa shape index (κ2) is 8.10. The fourth-order valence-corrected chi connectivity index (χ4v) is 3.56. The normalized spacial score (nSPS) is 25.1. The van der Waals surface area contributed by atoms with Gasteiger partial charge in [0, 0.05) is 0 Å². The summed E-state index contributed by atoms with van der Waals surface area (Å²) in [7, 11) is 0. The minimum absolute atomic E-state index is 0.363. The molecule has 1 aliphatic rings. The van der Waals surface area contributed by atoms with E-state index in [-0.39, 0.29) is 5.54 Å². The van der Waals surface area contributed by atoms with Gasteiger partial charge in [0.25, 0.3) is 0 Å². The van der Waals surface area contributed by atoms with Gasteiger partial charge in [-0.2, -0.15) is 4.91 Å². The van der Waals surface area contributed by atoms with E-state index in [1.807, 2.05) is 0 Å². The summed E-state index contributed by atoms with van der Waals surface area (Å²) in [4.78, 5) is 11.5. The Balaban J connectivity index is 2.48. The van der Waals surface area contributed by atoms with Crippen molar-refractivity contribution in [3.63, 3.8) is 0 Å². The van der Waals surface area contributed by atoms with Crippen molar-refractivity contribution < 1.29 is 0 Å².